The van der Waals surface area contributed by atoms with Crippen molar-refractivity contribution in [3.8, 4) is 0 Å². The molecule has 1 fully saturated rings. The second-order valence-corrected chi connectivity index (χ2v) is 6.16. The Kier molecular flexibility index (Phi) is 7.34. The lowest BCUT2D eigenvalue weighted by atomic mass is 9.91. The van der Waals surface area contributed by atoms with Gasteiger partial charge in [0.2, 0.25) is 0 Å². The maximum atomic E-state index is 3.43. The van der Waals surface area contributed by atoms with Crippen molar-refractivity contribution in [2.45, 2.75) is 52.9 Å². The minimum Gasteiger partial charge on any atom is -0.0871 e. The molecule has 1 aliphatic carbocycles. The van der Waals surface area contributed by atoms with Crippen molar-refractivity contribution in [2.75, 3.05) is 0 Å². The SMILES string of the molecule is C/C=C\c1cc(Br)ccc1C.CC1CCCCC1. The van der Waals surface area contributed by atoms with Gasteiger partial charge in [-0.2, -0.15) is 0 Å². The van der Waals surface area contributed by atoms with Crippen LogP contribution in [0.3, 0.4) is 0 Å². The van der Waals surface area contributed by atoms with Gasteiger partial charge in [-0.3, -0.25) is 0 Å². The molecule has 0 bridgehead atoms. The Labute approximate surface area is 121 Å². The smallest absolute Gasteiger partial charge is 0.0181 e. The second-order valence-electron chi connectivity index (χ2n) is 5.24. The van der Waals surface area contributed by atoms with Gasteiger partial charge in [-0.1, -0.05) is 73.2 Å². The van der Waals surface area contributed by atoms with Crippen LogP contribution in [0.4, 0.5) is 0 Å². The highest BCUT2D eigenvalue weighted by Gasteiger charge is 2.05. The summed E-state index contributed by atoms with van der Waals surface area (Å²) in [4.78, 5) is 0. The first-order valence-corrected chi connectivity index (χ1v) is 7.81. The Bertz CT molecular complexity index is 373. The number of allylic oxidation sites excluding steroid dienone is 1. The predicted molar refractivity (Wildman–Crippen MR) is 85.8 cm³/mol. The molecule has 0 spiro atoms. The van der Waals surface area contributed by atoms with Crippen LogP contribution >= 0.6 is 15.9 Å². The van der Waals surface area contributed by atoms with Gasteiger partial charge in [0, 0.05) is 4.47 Å². The van der Waals surface area contributed by atoms with Crippen LogP contribution in [0.25, 0.3) is 6.08 Å². The first-order chi connectivity index (χ1) is 8.63. The van der Waals surface area contributed by atoms with E-state index in [-0.39, 0.29) is 0 Å². The molecule has 0 aliphatic heterocycles. The zero-order chi connectivity index (χ0) is 13.4. The van der Waals surface area contributed by atoms with Crippen molar-refractivity contribution < 1.29 is 0 Å². The van der Waals surface area contributed by atoms with Crippen molar-refractivity contribution in [3.05, 3.63) is 39.9 Å². The van der Waals surface area contributed by atoms with Gasteiger partial charge in [0.1, 0.15) is 0 Å². The Balaban J connectivity index is 0.000000199. The number of hydrogen-bond acceptors (Lipinski definition) is 0. The molecule has 1 aromatic rings. The fourth-order valence-corrected chi connectivity index (χ4v) is 2.66. The fourth-order valence-electron chi connectivity index (χ4n) is 2.28. The number of halogens is 1. The summed E-state index contributed by atoms with van der Waals surface area (Å²) in [5.74, 6) is 1.04. The molecule has 0 N–H and O–H groups in total. The van der Waals surface area contributed by atoms with Gasteiger partial charge in [-0.05, 0) is 43.0 Å². The Hall–Kier alpha value is -0.560. The van der Waals surface area contributed by atoms with E-state index >= 15 is 0 Å². The molecule has 18 heavy (non-hydrogen) atoms. The minimum absolute atomic E-state index is 1.04. The fraction of sp³-hybridized carbons (Fsp3) is 0.529. The average Bonchev–Trinajstić information content (AvgIpc) is 2.36. The maximum absolute atomic E-state index is 3.43. The first kappa shape index (κ1) is 15.5. The zero-order valence-corrected chi connectivity index (χ0v) is 13.5. The quantitative estimate of drug-likeness (QED) is 0.565. The lowest BCUT2D eigenvalue weighted by Gasteiger charge is -2.15. The van der Waals surface area contributed by atoms with Gasteiger partial charge in [-0.25, -0.2) is 0 Å². The molecule has 0 radical (unpaired) electrons. The molecule has 1 aromatic carbocycles. The van der Waals surface area contributed by atoms with Crippen LogP contribution in [0, 0.1) is 12.8 Å². The molecule has 100 valence electrons. The van der Waals surface area contributed by atoms with Gasteiger partial charge in [0.25, 0.3) is 0 Å². The molecule has 0 atom stereocenters. The van der Waals surface area contributed by atoms with E-state index < -0.39 is 0 Å². The van der Waals surface area contributed by atoms with Gasteiger partial charge < -0.3 is 0 Å². The zero-order valence-electron chi connectivity index (χ0n) is 11.9. The number of aryl methyl sites for hydroxylation is 1. The molecular weight excluding hydrogens is 284 g/mol. The Morgan fingerprint density at radius 2 is 1.83 bits per heavy atom. The topological polar surface area (TPSA) is 0 Å². The van der Waals surface area contributed by atoms with Crippen molar-refractivity contribution in [1.29, 1.82) is 0 Å². The Morgan fingerprint density at radius 1 is 1.17 bits per heavy atom. The maximum Gasteiger partial charge on any atom is 0.0181 e. The molecule has 0 nitrogen and oxygen atoms in total. The number of hydrogen-bond donors (Lipinski definition) is 0. The summed E-state index contributed by atoms with van der Waals surface area (Å²) in [5.41, 5.74) is 2.59. The van der Waals surface area contributed by atoms with E-state index in [0.717, 1.165) is 10.4 Å². The first-order valence-electron chi connectivity index (χ1n) is 7.02. The average molecular weight is 309 g/mol. The minimum atomic E-state index is 1.04. The third-order valence-electron chi connectivity index (χ3n) is 3.48. The molecule has 2 rings (SSSR count). The highest BCUT2D eigenvalue weighted by molar-refractivity contribution is 9.10. The normalized spacial score (nSPS) is 16.4. The summed E-state index contributed by atoms with van der Waals surface area (Å²) in [6, 6.07) is 6.29. The largest absolute Gasteiger partial charge is 0.0871 e. The molecule has 0 amide bonds. The van der Waals surface area contributed by atoms with E-state index in [9.17, 15) is 0 Å². The van der Waals surface area contributed by atoms with Crippen molar-refractivity contribution in [3.63, 3.8) is 0 Å². The molecule has 0 heterocycles. The predicted octanol–water partition coefficient (Wildman–Crippen LogP) is 6.38. The van der Waals surface area contributed by atoms with Crippen LogP contribution in [-0.4, -0.2) is 0 Å². The molecule has 0 aromatic heterocycles. The van der Waals surface area contributed by atoms with Gasteiger partial charge >= 0.3 is 0 Å². The second kappa shape index (κ2) is 8.53. The van der Waals surface area contributed by atoms with Crippen LogP contribution in [0.2, 0.25) is 0 Å². The monoisotopic (exact) mass is 308 g/mol. The van der Waals surface area contributed by atoms with E-state index in [1.165, 1.54) is 43.2 Å². The van der Waals surface area contributed by atoms with Crippen LogP contribution < -0.4 is 0 Å². The van der Waals surface area contributed by atoms with E-state index in [1.807, 2.05) is 6.92 Å². The lowest BCUT2D eigenvalue weighted by molar-refractivity contribution is 0.385. The Morgan fingerprint density at radius 3 is 2.33 bits per heavy atom. The summed E-state index contributed by atoms with van der Waals surface area (Å²) in [5, 5.41) is 0. The summed E-state index contributed by atoms with van der Waals surface area (Å²) in [6.07, 6.45) is 11.6. The van der Waals surface area contributed by atoms with Crippen LogP contribution in [0.5, 0.6) is 0 Å². The van der Waals surface area contributed by atoms with E-state index in [1.54, 1.807) is 0 Å². The van der Waals surface area contributed by atoms with E-state index in [2.05, 4.69) is 60.1 Å². The third kappa shape index (κ3) is 5.86. The summed E-state index contributed by atoms with van der Waals surface area (Å²) < 4.78 is 1.14. The molecule has 1 aliphatic rings. The highest BCUT2D eigenvalue weighted by Crippen LogP contribution is 2.22. The van der Waals surface area contributed by atoms with Crippen LogP contribution in [-0.2, 0) is 0 Å². The molecule has 1 heteroatoms. The molecule has 0 unspecified atom stereocenters. The highest BCUT2D eigenvalue weighted by atomic mass is 79.9. The van der Waals surface area contributed by atoms with E-state index in [0.29, 0.717) is 0 Å². The summed E-state index contributed by atoms with van der Waals surface area (Å²) in [7, 11) is 0. The van der Waals surface area contributed by atoms with Crippen molar-refractivity contribution >= 4 is 22.0 Å². The van der Waals surface area contributed by atoms with Crippen LogP contribution in [0.1, 0.15) is 57.1 Å². The summed E-state index contributed by atoms with van der Waals surface area (Å²) >= 11 is 3.43. The van der Waals surface area contributed by atoms with Gasteiger partial charge in [-0.15, -0.1) is 0 Å². The third-order valence-corrected chi connectivity index (χ3v) is 3.97. The number of benzene rings is 1. The summed E-state index contributed by atoms with van der Waals surface area (Å²) in [6.45, 7) is 6.50. The van der Waals surface area contributed by atoms with Crippen molar-refractivity contribution in [1.82, 2.24) is 0 Å². The van der Waals surface area contributed by atoms with E-state index in [4.69, 9.17) is 0 Å². The molecule has 1 saturated carbocycles. The lowest BCUT2D eigenvalue weighted by Crippen LogP contribution is -1.99. The van der Waals surface area contributed by atoms with Crippen LogP contribution in [0.15, 0.2) is 28.7 Å². The van der Waals surface area contributed by atoms with Gasteiger partial charge in [0.05, 0.1) is 0 Å². The number of rotatable bonds is 1. The molecular formula is C17H25Br. The van der Waals surface area contributed by atoms with Gasteiger partial charge in [0.15, 0.2) is 0 Å². The standard InChI is InChI=1S/C10H11Br.C7H14/c1-3-4-9-7-10(11)6-5-8(9)2;1-7-5-3-2-4-6-7/h3-7H,1-2H3;7H,2-6H2,1H3/b4-3-;. The molecule has 0 saturated heterocycles. The van der Waals surface area contributed by atoms with Crippen molar-refractivity contribution in [2.24, 2.45) is 5.92 Å².